The number of hydrogen-bond donors (Lipinski definition) is 1. The minimum atomic E-state index is -0.0913. The number of aryl methyl sites for hydroxylation is 1. The van der Waals surface area contributed by atoms with Crippen molar-refractivity contribution in [1.82, 2.24) is 5.32 Å². The van der Waals surface area contributed by atoms with Gasteiger partial charge < -0.3 is 14.8 Å². The van der Waals surface area contributed by atoms with Crippen LogP contribution in [0.1, 0.15) is 12.5 Å². The Hall–Kier alpha value is -1.55. The van der Waals surface area contributed by atoms with Gasteiger partial charge in [0.15, 0.2) is 6.61 Å². The molecule has 1 aliphatic heterocycles. The molecule has 1 N–H and O–H groups in total. The van der Waals surface area contributed by atoms with Crippen LogP contribution in [0.2, 0.25) is 0 Å². The summed E-state index contributed by atoms with van der Waals surface area (Å²) in [4.78, 5) is 11.6. The van der Waals surface area contributed by atoms with E-state index in [2.05, 4.69) is 12.2 Å². The number of amides is 1. The molecule has 18 heavy (non-hydrogen) atoms. The summed E-state index contributed by atoms with van der Waals surface area (Å²) in [7, 11) is 0. The van der Waals surface area contributed by atoms with Gasteiger partial charge in [-0.2, -0.15) is 0 Å². The minimum absolute atomic E-state index is 0.0573. The molecule has 0 aromatic heterocycles. The van der Waals surface area contributed by atoms with E-state index >= 15 is 0 Å². The van der Waals surface area contributed by atoms with E-state index in [1.54, 1.807) is 0 Å². The number of para-hydroxylation sites is 1. The number of nitrogens with one attached hydrogen (secondary N) is 1. The third-order valence-corrected chi connectivity index (χ3v) is 3.07. The average molecular weight is 249 g/mol. The highest BCUT2D eigenvalue weighted by Crippen LogP contribution is 2.25. The largest absolute Gasteiger partial charge is 0.484 e. The standard InChI is InChI=1S/C14H19NO3/c1-11-5-3-4-6-12(11)18-7-13(16)15-8-14(2)9-17-10-14/h3-6H,7-10H2,1-2H3,(H,15,16). The van der Waals surface area contributed by atoms with Gasteiger partial charge in [-0.3, -0.25) is 4.79 Å². The zero-order chi connectivity index (χ0) is 13.0. The van der Waals surface area contributed by atoms with Gasteiger partial charge in [0, 0.05) is 12.0 Å². The van der Waals surface area contributed by atoms with Crippen molar-refractivity contribution in [3.8, 4) is 5.75 Å². The number of benzene rings is 1. The van der Waals surface area contributed by atoms with Crippen LogP contribution in [0.15, 0.2) is 24.3 Å². The SMILES string of the molecule is Cc1ccccc1OCC(=O)NCC1(C)COC1. The van der Waals surface area contributed by atoms with E-state index in [1.807, 2.05) is 31.2 Å². The van der Waals surface area contributed by atoms with E-state index in [-0.39, 0.29) is 17.9 Å². The number of hydrogen-bond acceptors (Lipinski definition) is 3. The second-order valence-electron chi connectivity index (χ2n) is 5.13. The van der Waals surface area contributed by atoms with Crippen LogP contribution in [0, 0.1) is 12.3 Å². The van der Waals surface area contributed by atoms with Gasteiger partial charge in [0.05, 0.1) is 13.2 Å². The Labute approximate surface area is 107 Å². The molecule has 0 saturated carbocycles. The maximum absolute atomic E-state index is 11.6. The number of ether oxygens (including phenoxy) is 2. The molecular weight excluding hydrogens is 230 g/mol. The molecule has 1 saturated heterocycles. The van der Waals surface area contributed by atoms with E-state index in [0.717, 1.165) is 11.3 Å². The van der Waals surface area contributed by atoms with E-state index in [0.29, 0.717) is 19.8 Å². The van der Waals surface area contributed by atoms with Gasteiger partial charge in [-0.05, 0) is 18.6 Å². The molecule has 1 amide bonds. The minimum Gasteiger partial charge on any atom is -0.484 e. The van der Waals surface area contributed by atoms with Crippen molar-refractivity contribution in [2.45, 2.75) is 13.8 Å². The molecule has 1 fully saturated rings. The van der Waals surface area contributed by atoms with Crippen LogP contribution in [0.25, 0.3) is 0 Å². The summed E-state index contributed by atoms with van der Waals surface area (Å²) < 4.78 is 10.6. The van der Waals surface area contributed by atoms with Gasteiger partial charge in [-0.1, -0.05) is 25.1 Å². The van der Waals surface area contributed by atoms with Crippen LogP contribution in [0.5, 0.6) is 5.75 Å². The Morgan fingerprint density at radius 2 is 2.17 bits per heavy atom. The van der Waals surface area contributed by atoms with Crippen molar-refractivity contribution >= 4 is 5.91 Å². The Bertz CT molecular complexity index is 427. The van der Waals surface area contributed by atoms with Crippen molar-refractivity contribution < 1.29 is 14.3 Å². The van der Waals surface area contributed by atoms with Gasteiger partial charge in [0.2, 0.25) is 0 Å². The molecule has 1 aliphatic rings. The highest BCUT2D eigenvalue weighted by molar-refractivity contribution is 5.77. The first-order chi connectivity index (χ1) is 8.59. The normalized spacial score (nSPS) is 16.8. The number of carbonyl (C=O) groups is 1. The van der Waals surface area contributed by atoms with Crippen molar-refractivity contribution in [3.05, 3.63) is 29.8 Å². The fourth-order valence-corrected chi connectivity index (χ4v) is 1.78. The van der Waals surface area contributed by atoms with Crippen LogP contribution in [-0.2, 0) is 9.53 Å². The lowest BCUT2D eigenvalue weighted by atomic mass is 9.89. The van der Waals surface area contributed by atoms with Crippen molar-refractivity contribution in [3.63, 3.8) is 0 Å². The molecular formula is C14H19NO3. The Balaban J connectivity index is 1.73. The summed E-state index contributed by atoms with van der Waals surface area (Å²) in [6.45, 7) is 6.18. The van der Waals surface area contributed by atoms with Gasteiger partial charge in [0.1, 0.15) is 5.75 Å². The fourth-order valence-electron chi connectivity index (χ4n) is 1.78. The molecule has 0 aliphatic carbocycles. The quantitative estimate of drug-likeness (QED) is 0.860. The molecule has 1 aromatic carbocycles. The summed E-state index contributed by atoms with van der Waals surface area (Å²) in [5, 5.41) is 2.87. The Morgan fingerprint density at radius 1 is 1.44 bits per heavy atom. The molecule has 1 aromatic rings. The predicted octanol–water partition coefficient (Wildman–Crippen LogP) is 1.53. The monoisotopic (exact) mass is 249 g/mol. The molecule has 1 heterocycles. The van der Waals surface area contributed by atoms with Crippen LogP contribution in [-0.4, -0.2) is 32.3 Å². The van der Waals surface area contributed by atoms with Crippen LogP contribution < -0.4 is 10.1 Å². The topological polar surface area (TPSA) is 47.6 Å². The maximum Gasteiger partial charge on any atom is 0.257 e. The summed E-state index contributed by atoms with van der Waals surface area (Å²) >= 11 is 0. The molecule has 0 radical (unpaired) electrons. The summed E-state index contributed by atoms with van der Waals surface area (Å²) in [5.74, 6) is 0.664. The van der Waals surface area contributed by atoms with Gasteiger partial charge in [0.25, 0.3) is 5.91 Å². The lowest BCUT2D eigenvalue weighted by Gasteiger charge is -2.37. The highest BCUT2D eigenvalue weighted by Gasteiger charge is 2.33. The third kappa shape index (κ3) is 3.23. The Morgan fingerprint density at radius 3 is 2.78 bits per heavy atom. The lowest BCUT2D eigenvalue weighted by molar-refractivity contribution is -0.128. The van der Waals surface area contributed by atoms with Crippen LogP contribution in [0.4, 0.5) is 0 Å². The first-order valence-corrected chi connectivity index (χ1v) is 6.12. The molecule has 0 atom stereocenters. The zero-order valence-electron chi connectivity index (χ0n) is 10.9. The van der Waals surface area contributed by atoms with Gasteiger partial charge in [-0.15, -0.1) is 0 Å². The van der Waals surface area contributed by atoms with E-state index in [9.17, 15) is 4.79 Å². The van der Waals surface area contributed by atoms with Gasteiger partial charge >= 0.3 is 0 Å². The maximum atomic E-state index is 11.6. The summed E-state index contributed by atoms with van der Waals surface area (Å²) in [6, 6.07) is 7.66. The molecule has 4 heteroatoms. The summed E-state index contributed by atoms with van der Waals surface area (Å²) in [6.07, 6.45) is 0. The first-order valence-electron chi connectivity index (χ1n) is 6.12. The first kappa shape index (κ1) is 12.9. The second kappa shape index (κ2) is 5.40. The van der Waals surface area contributed by atoms with E-state index in [4.69, 9.17) is 9.47 Å². The summed E-state index contributed by atoms with van der Waals surface area (Å²) in [5.41, 5.74) is 1.13. The highest BCUT2D eigenvalue weighted by atomic mass is 16.5. The predicted molar refractivity (Wildman–Crippen MR) is 68.6 cm³/mol. The zero-order valence-corrected chi connectivity index (χ0v) is 10.9. The molecule has 2 rings (SSSR count). The molecule has 98 valence electrons. The molecule has 0 spiro atoms. The second-order valence-corrected chi connectivity index (χ2v) is 5.13. The smallest absolute Gasteiger partial charge is 0.257 e. The van der Waals surface area contributed by atoms with Crippen molar-refractivity contribution in [1.29, 1.82) is 0 Å². The molecule has 4 nitrogen and oxygen atoms in total. The van der Waals surface area contributed by atoms with Crippen LogP contribution >= 0.6 is 0 Å². The lowest BCUT2D eigenvalue weighted by Crippen LogP contribution is -2.49. The molecule has 0 bridgehead atoms. The third-order valence-electron chi connectivity index (χ3n) is 3.07. The van der Waals surface area contributed by atoms with E-state index < -0.39 is 0 Å². The van der Waals surface area contributed by atoms with Crippen LogP contribution in [0.3, 0.4) is 0 Å². The average Bonchev–Trinajstić information content (AvgIpc) is 2.33. The number of carbonyl (C=O) groups excluding carboxylic acids is 1. The molecule has 0 unspecified atom stereocenters. The Kier molecular flexibility index (Phi) is 3.87. The van der Waals surface area contributed by atoms with Crippen molar-refractivity contribution in [2.75, 3.05) is 26.4 Å². The number of rotatable bonds is 5. The van der Waals surface area contributed by atoms with Gasteiger partial charge in [-0.25, -0.2) is 0 Å². The fraction of sp³-hybridized carbons (Fsp3) is 0.500. The van der Waals surface area contributed by atoms with Crippen molar-refractivity contribution in [2.24, 2.45) is 5.41 Å². The van der Waals surface area contributed by atoms with E-state index in [1.165, 1.54) is 0 Å².